The molecule has 0 unspecified atom stereocenters. The van der Waals surface area contributed by atoms with Crippen molar-refractivity contribution in [1.82, 2.24) is 30.1 Å². The lowest BCUT2D eigenvalue weighted by Gasteiger charge is -2.47. The molecule has 2 saturated heterocycles. The lowest BCUT2D eigenvalue weighted by atomic mass is 9.97. The third kappa shape index (κ3) is 5.82. The van der Waals surface area contributed by atoms with Gasteiger partial charge in [-0.1, -0.05) is 30.1 Å². The zero-order valence-corrected chi connectivity index (χ0v) is 23.1. The van der Waals surface area contributed by atoms with Crippen LogP contribution in [-0.2, 0) is 0 Å². The SMILES string of the molecule is CC[C@H]1CN(c2nc(N)c(C(=O)N[C@@H]3C[C@@H]3F)nc2Cl)CCN1C1CCN(C(=O)c2ccc(Cl)nc2N)CC1. The predicted octanol–water partition coefficient (Wildman–Crippen LogP) is 2.39. The fourth-order valence-electron chi connectivity index (χ4n) is 5.44. The Bertz CT molecular complexity index is 1260. The van der Waals surface area contributed by atoms with Crippen molar-refractivity contribution in [3.63, 3.8) is 0 Å². The highest BCUT2D eigenvalue weighted by molar-refractivity contribution is 6.32. The van der Waals surface area contributed by atoms with Crippen molar-refractivity contribution < 1.29 is 14.0 Å². The van der Waals surface area contributed by atoms with Gasteiger partial charge in [-0.25, -0.2) is 19.3 Å². The summed E-state index contributed by atoms with van der Waals surface area (Å²) in [5.74, 6) is -0.157. The number of piperazine rings is 1. The molecule has 1 aliphatic carbocycles. The van der Waals surface area contributed by atoms with E-state index in [9.17, 15) is 14.0 Å². The van der Waals surface area contributed by atoms with Gasteiger partial charge in [0.15, 0.2) is 22.5 Å². The third-order valence-corrected chi connectivity index (χ3v) is 8.21. The molecule has 5 N–H and O–H groups in total. The lowest BCUT2D eigenvalue weighted by Crippen LogP contribution is -2.58. The minimum atomic E-state index is -1.03. The number of nitrogens with two attached hydrogens (primary N) is 2. The van der Waals surface area contributed by atoms with Crippen molar-refractivity contribution in [2.75, 3.05) is 49.1 Å². The van der Waals surface area contributed by atoms with Crippen LogP contribution in [0.15, 0.2) is 12.1 Å². The van der Waals surface area contributed by atoms with Crippen LogP contribution in [0.5, 0.6) is 0 Å². The van der Waals surface area contributed by atoms with Crippen LogP contribution in [0.1, 0.15) is 53.5 Å². The Kier molecular flexibility index (Phi) is 7.97. The van der Waals surface area contributed by atoms with Crippen molar-refractivity contribution in [1.29, 1.82) is 0 Å². The minimum Gasteiger partial charge on any atom is -0.383 e. The number of pyridine rings is 1. The molecular formula is C25H32Cl2FN9O2. The van der Waals surface area contributed by atoms with E-state index >= 15 is 0 Å². The Morgan fingerprint density at radius 2 is 1.79 bits per heavy atom. The molecule has 2 aliphatic heterocycles. The first-order chi connectivity index (χ1) is 18.7. The Morgan fingerprint density at radius 1 is 1.08 bits per heavy atom. The predicted molar refractivity (Wildman–Crippen MR) is 148 cm³/mol. The molecule has 1 saturated carbocycles. The maximum absolute atomic E-state index is 13.2. The second kappa shape index (κ2) is 11.3. The van der Waals surface area contributed by atoms with E-state index in [0.29, 0.717) is 43.6 Å². The molecular weight excluding hydrogens is 548 g/mol. The molecule has 0 bridgehead atoms. The molecule has 2 amide bonds. The first-order valence-corrected chi connectivity index (χ1v) is 13.9. The largest absolute Gasteiger partial charge is 0.383 e. The highest BCUT2D eigenvalue weighted by Crippen LogP contribution is 2.31. The number of piperidine rings is 1. The summed E-state index contributed by atoms with van der Waals surface area (Å²) in [7, 11) is 0. The van der Waals surface area contributed by atoms with Gasteiger partial charge >= 0.3 is 0 Å². The zero-order chi connectivity index (χ0) is 27.8. The summed E-state index contributed by atoms with van der Waals surface area (Å²) in [6, 6.07) is 3.26. The number of nitrogen functional groups attached to an aromatic ring is 2. The van der Waals surface area contributed by atoms with Crippen molar-refractivity contribution in [3.05, 3.63) is 33.7 Å². The smallest absolute Gasteiger partial charge is 0.274 e. The van der Waals surface area contributed by atoms with Gasteiger partial charge in [0, 0.05) is 51.2 Å². The number of nitrogens with one attached hydrogen (secondary N) is 1. The number of carbonyl (C=O) groups excluding carboxylic acids is 2. The first kappa shape index (κ1) is 27.6. The Hall–Kier alpha value is -2.96. The number of carbonyl (C=O) groups is 2. The zero-order valence-electron chi connectivity index (χ0n) is 21.6. The number of amides is 2. The van der Waals surface area contributed by atoms with Crippen LogP contribution in [0.25, 0.3) is 0 Å². The van der Waals surface area contributed by atoms with Gasteiger partial charge in [-0.05, 0) is 31.4 Å². The van der Waals surface area contributed by atoms with Crippen molar-refractivity contribution in [3.8, 4) is 0 Å². The second-order valence-corrected chi connectivity index (χ2v) is 11.0. The van der Waals surface area contributed by atoms with Gasteiger partial charge in [0.2, 0.25) is 0 Å². The molecule has 0 aromatic carbocycles. The Labute approximate surface area is 236 Å². The molecule has 0 radical (unpaired) electrons. The number of hydrogen-bond acceptors (Lipinski definition) is 9. The Balaban J connectivity index is 1.20. The van der Waals surface area contributed by atoms with Crippen LogP contribution in [0.2, 0.25) is 10.3 Å². The van der Waals surface area contributed by atoms with E-state index < -0.39 is 18.1 Å². The van der Waals surface area contributed by atoms with E-state index in [-0.39, 0.29) is 46.0 Å². The molecule has 210 valence electrons. The average Bonchev–Trinajstić information content (AvgIpc) is 3.62. The number of aromatic nitrogens is 3. The standard InChI is InChI=1S/C25H32Cl2FN9O2/c1-2-13-12-36(23-20(27)33-19(22(30)34-23)24(38)31-17-11-16(17)28)9-10-37(13)14-5-7-35(8-6-14)25(39)15-3-4-18(26)32-21(15)29/h3-4,13-14,16-17H,2,5-12H2,1H3,(H2,29,32)(H2,30,34)(H,31,38)/t13-,16-,17+/m0/s1. The maximum Gasteiger partial charge on any atom is 0.274 e. The number of anilines is 3. The summed E-state index contributed by atoms with van der Waals surface area (Å²) in [6.45, 7) is 5.51. The van der Waals surface area contributed by atoms with Gasteiger partial charge in [-0.2, -0.15) is 0 Å². The number of nitrogens with zero attached hydrogens (tertiary/aromatic N) is 6. The summed E-state index contributed by atoms with van der Waals surface area (Å²) in [6.07, 6.45) is 1.86. The van der Waals surface area contributed by atoms with E-state index in [1.165, 1.54) is 0 Å². The van der Waals surface area contributed by atoms with Gasteiger partial charge in [0.1, 0.15) is 17.1 Å². The topological polar surface area (TPSA) is 147 Å². The van der Waals surface area contributed by atoms with Crippen molar-refractivity contribution in [2.45, 2.75) is 56.9 Å². The number of rotatable bonds is 6. The molecule has 39 heavy (non-hydrogen) atoms. The van der Waals surface area contributed by atoms with Crippen molar-refractivity contribution in [2.24, 2.45) is 0 Å². The third-order valence-electron chi connectivity index (χ3n) is 7.75. The molecule has 2 aromatic rings. The summed E-state index contributed by atoms with van der Waals surface area (Å²) < 4.78 is 13.2. The van der Waals surface area contributed by atoms with E-state index in [2.05, 4.69) is 32.1 Å². The number of hydrogen-bond donors (Lipinski definition) is 3. The fraction of sp³-hybridized carbons (Fsp3) is 0.560. The van der Waals surface area contributed by atoms with E-state index in [1.54, 1.807) is 12.1 Å². The molecule has 11 nitrogen and oxygen atoms in total. The second-order valence-electron chi connectivity index (χ2n) is 10.2. The summed E-state index contributed by atoms with van der Waals surface area (Å²) in [5, 5.41) is 2.90. The van der Waals surface area contributed by atoms with Gasteiger partial charge in [0.05, 0.1) is 11.6 Å². The van der Waals surface area contributed by atoms with Gasteiger partial charge in [-0.3, -0.25) is 14.5 Å². The number of halogens is 3. The summed E-state index contributed by atoms with van der Waals surface area (Å²) in [5.41, 5.74) is 12.3. The molecule has 4 heterocycles. The minimum absolute atomic E-state index is 0.0352. The van der Waals surface area contributed by atoms with Gasteiger partial charge in [-0.15, -0.1) is 0 Å². The van der Waals surface area contributed by atoms with Crippen LogP contribution in [0.3, 0.4) is 0 Å². The van der Waals surface area contributed by atoms with E-state index in [1.807, 2.05) is 9.80 Å². The monoisotopic (exact) mass is 579 g/mol. The molecule has 14 heteroatoms. The fourth-order valence-corrected chi connectivity index (χ4v) is 5.85. The van der Waals surface area contributed by atoms with Crippen molar-refractivity contribution >= 4 is 52.5 Å². The highest BCUT2D eigenvalue weighted by Gasteiger charge is 2.40. The molecule has 3 aliphatic rings. The molecule has 0 spiro atoms. The lowest BCUT2D eigenvalue weighted by molar-refractivity contribution is 0.0491. The van der Waals surface area contributed by atoms with Crippen LogP contribution < -0.4 is 21.7 Å². The highest BCUT2D eigenvalue weighted by atomic mass is 35.5. The van der Waals surface area contributed by atoms with Crippen LogP contribution in [0, 0.1) is 0 Å². The average molecular weight is 580 g/mol. The maximum atomic E-state index is 13.2. The molecule has 3 atom stereocenters. The normalized spacial score (nSPS) is 24.1. The first-order valence-electron chi connectivity index (χ1n) is 13.2. The van der Waals surface area contributed by atoms with Crippen LogP contribution >= 0.6 is 23.2 Å². The van der Waals surface area contributed by atoms with Gasteiger partial charge < -0.3 is 26.6 Å². The van der Waals surface area contributed by atoms with Gasteiger partial charge in [0.25, 0.3) is 11.8 Å². The van der Waals surface area contributed by atoms with E-state index in [0.717, 1.165) is 25.8 Å². The quantitative estimate of drug-likeness (QED) is 0.439. The Morgan fingerprint density at radius 3 is 2.44 bits per heavy atom. The van der Waals surface area contributed by atoms with Crippen LogP contribution in [0.4, 0.5) is 21.8 Å². The summed E-state index contributed by atoms with van der Waals surface area (Å²) >= 11 is 12.3. The number of alkyl halides is 1. The molecule has 2 aromatic heterocycles. The van der Waals surface area contributed by atoms with E-state index in [4.69, 9.17) is 34.7 Å². The van der Waals surface area contributed by atoms with Crippen LogP contribution in [-0.4, -0.2) is 93.6 Å². The molecule has 5 rings (SSSR count). The molecule has 3 fully saturated rings. The number of likely N-dealkylation sites (tertiary alicyclic amines) is 1. The summed E-state index contributed by atoms with van der Waals surface area (Å²) in [4.78, 5) is 44.4.